The average Bonchev–Trinajstić information content (AvgIpc) is 2.52. The van der Waals surface area contributed by atoms with E-state index < -0.39 is 0 Å². The highest BCUT2D eigenvalue weighted by atomic mass is 16.5. The number of rotatable bonds is 11. The Kier molecular flexibility index (Phi) is 13.5. The molecule has 0 heterocycles. The van der Waals surface area contributed by atoms with Gasteiger partial charge in [0.1, 0.15) is 6.10 Å². The van der Waals surface area contributed by atoms with Gasteiger partial charge < -0.3 is 9.47 Å². The quantitative estimate of drug-likeness (QED) is 0.329. The maximum absolute atomic E-state index is 11.7. The third-order valence-corrected chi connectivity index (χ3v) is 3.06. The minimum absolute atomic E-state index is 0.119. The lowest BCUT2D eigenvalue weighted by atomic mass is 10.2. The van der Waals surface area contributed by atoms with E-state index in [4.69, 9.17) is 9.47 Å². The SMILES string of the molecule is CCCC#CCC(CC)OC(=O)CCCCC(=O)OCCC. The maximum Gasteiger partial charge on any atom is 0.306 e. The van der Waals surface area contributed by atoms with Crippen molar-refractivity contribution in [2.24, 2.45) is 0 Å². The van der Waals surface area contributed by atoms with Crippen LogP contribution in [0.15, 0.2) is 0 Å². The molecule has 0 aromatic carbocycles. The summed E-state index contributed by atoms with van der Waals surface area (Å²) in [5.74, 6) is 5.73. The summed E-state index contributed by atoms with van der Waals surface area (Å²) in [4.78, 5) is 23.0. The van der Waals surface area contributed by atoms with E-state index >= 15 is 0 Å². The molecule has 1 unspecified atom stereocenters. The molecule has 0 aliphatic rings. The van der Waals surface area contributed by atoms with E-state index in [1.165, 1.54) is 0 Å². The van der Waals surface area contributed by atoms with E-state index in [2.05, 4.69) is 18.8 Å². The highest BCUT2D eigenvalue weighted by molar-refractivity contribution is 5.70. The first-order chi connectivity index (χ1) is 10.6. The fourth-order valence-corrected chi connectivity index (χ4v) is 1.74. The van der Waals surface area contributed by atoms with Crippen LogP contribution in [0, 0.1) is 11.8 Å². The number of hydrogen-bond donors (Lipinski definition) is 0. The van der Waals surface area contributed by atoms with Gasteiger partial charge in [-0.1, -0.05) is 26.7 Å². The van der Waals surface area contributed by atoms with Gasteiger partial charge in [-0.2, -0.15) is 0 Å². The monoisotopic (exact) mass is 310 g/mol. The number of carbonyl (C=O) groups excluding carboxylic acids is 2. The summed E-state index contributed by atoms with van der Waals surface area (Å²) in [7, 11) is 0. The molecule has 0 aliphatic heterocycles. The lowest BCUT2D eigenvalue weighted by Gasteiger charge is -2.13. The Labute approximate surface area is 134 Å². The molecule has 126 valence electrons. The molecular formula is C18H30O4. The standard InChI is InChI=1S/C18H30O4/c1-4-7-8-9-12-16(6-3)22-18(20)14-11-10-13-17(19)21-15-5-2/h16H,4-7,10-15H2,1-3H3. The number of unbranched alkanes of at least 4 members (excludes halogenated alkanes) is 2. The lowest BCUT2D eigenvalue weighted by molar-refractivity contribution is -0.149. The van der Waals surface area contributed by atoms with E-state index in [1.54, 1.807) is 0 Å². The second kappa shape index (κ2) is 14.4. The van der Waals surface area contributed by atoms with E-state index in [1.807, 2.05) is 13.8 Å². The van der Waals surface area contributed by atoms with E-state index in [0.717, 1.165) is 25.7 Å². The van der Waals surface area contributed by atoms with Crippen molar-refractivity contribution in [2.75, 3.05) is 6.61 Å². The topological polar surface area (TPSA) is 52.6 Å². The van der Waals surface area contributed by atoms with E-state index in [0.29, 0.717) is 38.7 Å². The van der Waals surface area contributed by atoms with Crippen LogP contribution >= 0.6 is 0 Å². The van der Waals surface area contributed by atoms with Crippen LogP contribution in [0.1, 0.15) is 78.6 Å². The molecule has 0 aliphatic carbocycles. The highest BCUT2D eigenvalue weighted by Crippen LogP contribution is 2.08. The number of ether oxygens (including phenoxy) is 2. The second-order valence-electron chi connectivity index (χ2n) is 5.26. The summed E-state index contributed by atoms with van der Waals surface area (Å²) in [5, 5.41) is 0. The highest BCUT2D eigenvalue weighted by Gasteiger charge is 2.11. The molecule has 0 bridgehead atoms. The van der Waals surface area contributed by atoms with Gasteiger partial charge in [-0.15, -0.1) is 5.92 Å². The molecule has 0 saturated carbocycles. The molecule has 0 rings (SSSR count). The van der Waals surface area contributed by atoms with Crippen molar-refractivity contribution < 1.29 is 19.1 Å². The third kappa shape index (κ3) is 12.3. The minimum Gasteiger partial charge on any atom is -0.466 e. The van der Waals surface area contributed by atoms with E-state index in [9.17, 15) is 9.59 Å². The molecule has 0 spiro atoms. The molecular weight excluding hydrogens is 280 g/mol. The Balaban J connectivity index is 3.78. The average molecular weight is 310 g/mol. The van der Waals surface area contributed by atoms with Gasteiger partial charge in [-0.05, 0) is 32.1 Å². The summed E-state index contributed by atoms with van der Waals surface area (Å²) in [5.41, 5.74) is 0. The van der Waals surface area contributed by atoms with Crippen LogP contribution in [0.25, 0.3) is 0 Å². The normalized spacial score (nSPS) is 11.2. The van der Waals surface area contributed by atoms with Crippen molar-refractivity contribution in [2.45, 2.75) is 84.7 Å². The fourth-order valence-electron chi connectivity index (χ4n) is 1.74. The first kappa shape index (κ1) is 20.5. The van der Waals surface area contributed by atoms with Crippen molar-refractivity contribution in [3.8, 4) is 11.8 Å². The third-order valence-electron chi connectivity index (χ3n) is 3.06. The van der Waals surface area contributed by atoms with Gasteiger partial charge in [0, 0.05) is 25.7 Å². The predicted molar refractivity (Wildman–Crippen MR) is 87.2 cm³/mol. The summed E-state index contributed by atoms with van der Waals surface area (Å²) in [6.07, 6.45) is 6.05. The summed E-state index contributed by atoms with van der Waals surface area (Å²) < 4.78 is 10.4. The molecule has 0 fully saturated rings. The molecule has 0 radical (unpaired) electrons. The zero-order valence-corrected chi connectivity index (χ0v) is 14.3. The van der Waals surface area contributed by atoms with Gasteiger partial charge in [-0.3, -0.25) is 9.59 Å². The van der Waals surface area contributed by atoms with Gasteiger partial charge in [0.15, 0.2) is 0 Å². The van der Waals surface area contributed by atoms with Gasteiger partial charge in [-0.25, -0.2) is 0 Å². The van der Waals surface area contributed by atoms with Crippen molar-refractivity contribution in [1.29, 1.82) is 0 Å². The van der Waals surface area contributed by atoms with Crippen LogP contribution in [0.2, 0.25) is 0 Å². The largest absolute Gasteiger partial charge is 0.466 e. The molecule has 0 aromatic heterocycles. The first-order valence-corrected chi connectivity index (χ1v) is 8.44. The van der Waals surface area contributed by atoms with Crippen LogP contribution in [0.5, 0.6) is 0 Å². The first-order valence-electron chi connectivity index (χ1n) is 8.44. The van der Waals surface area contributed by atoms with Gasteiger partial charge >= 0.3 is 11.9 Å². The number of esters is 2. The maximum atomic E-state index is 11.7. The molecule has 0 aromatic rings. The van der Waals surface area contributed by atoms with Gasteiger partial charge in [0.05, 0.1) is 6.61 Å². The zero-order valence-electron chi connectivity index (χ0n) is 14.3. The van der Waals surface area contributed by atoms with E-state index in [-0.39, 0.29) is 18.0 Å². The molecule has 1 atom stereocenters. The lowest BCUT2D eigenvalue weighted by Crippen LogP contribution is -2.16. The van der Waals surface area contributed by atoms with Crippen LogP contribution < -0.4 is 0 Å². The minimum atomic E-state index is -0.203. The molecule has 4 heteroatoms. The second-order valence-corrected chi connectivity index (χ2v) is 5.26. The van der Waals surface area contributed by atoms with Crippen LogP contribution in [-0.2, 0) is 19.1 Å². The number of carbonyl (C=O) groups is 2. The Morgan fingerprint density at radius 3 is 2.23 bits per heavy atom. The molecule has 22 heavy (non-hydrogen) atoms. The Hall–Kier alpha value is -1.50. The van der Waals surface area contributed by atoms with Crippen molar-refractivity contribution >= 4 is 11.9 Å². The Morgan fingerprint density at radius 1 is 0.955 bits per heavy atom. The fraction of sp³-hybridized carbons (Fsp3) is 0.778. The van der Waals surface area contributed by atoms with Crippen molar-refractivity contribution in [3.63, 3.8) is 0 Å². The molecule has 0 N–H and O–H groups in total. The van der Waals surface area contributed by atoms with Gasteiger partial charge in [0.2, 0.25) is 0 Å². The van der Waals surface area contributed by atoms with Crippen molar-refractivity contribution in [1.82, 2.24) is 0 Å². The molecule has 0 saturated heterocycles. The molecule has 0 amide bonds. The predicted octanol–water partition coefficient (Wildman–Crippen LogP) is 4.02. The van der Waals surface area contributed by atoms with Crippen LogP contribution in [0.3, 0.4) is 0 Å². The van der Waals surface area contributed by atoms with Crippen LogP contribution in [0.4, 0.5) is 0 Å². The Bertz CT molecular complexity index is 365. The number of hydrogen-bond acceptors (Lipinski definition) is 4. The van der Waals surface area contributed by atoms with Crippen LogP contribution in [-0.4, -0.2) is 24.6 Å². The molecule has 4 nitrogen and oxygen atoms in total. The summed E-state index contributed by atoms with van der Waals surface area (Å²) in [6, 6.07) is 0. The summed E-state index contributed by atoms with van der Waals surface area (Å²) in [6.45, 7) is 6.51. The van der Waals surface area contributed by atoms with Crippen molar-refractivity contribution in [3.05, 3.63) is 0 Å². The Morgan fingerprint density at radius 2 is 1.64 bits per heavy atom. The zero-order chi connectivity index (χ0) is 16.6. The van der Waals surface area contributed by atoms with Gasteiger partial charge in [0.25, 0.3) is 0 Å². The summed E-state index contributed by atoms with van der Waals surface area (Å²) >= 11 is 0. The smallest absolute Gasteiger partial charge is 0.306 e.